The number of hydrogen-bond acceptors (Lipinski definition) is 5. The van der Waals surface area contributed by atoms with Crippen LogP contribution in [0.4, 0.5) is 0 Å². The van der Waals surface area contributed by atoms with Gasteiger partial charge in [0.15, 0.2) is 5.88 Å². The van der Waals surface area contributed by atoms with Gasteiger partial charge in [0, 0.05) is 41.6 Å². The zero-order chi connectivity index (χ0) is 18.9. The summed E-state index contributed by atoms with van der Waals surface area (Å²) >= 11 is 1.71. The van der Waals surface area contributed by atoms with Crippen LogP contribution in [0.1, 0.15) is 5.56 Å². The van der Waals surface area contributed by atoms with Crippen molar-refractivity contribution in [2.45, 2.75) is 6.54 Å². The van der Waals surface area contributed by atoms with Crippen molar-refractivity contribution in [2.75, 3.05) is 26.3 Å². The number of nitrogens with zero attached hydrogens (tertiary/aromatic N) is 2. The number of morpholine rings is 1. The molecule has 4 aromatic rings. The van der Waals surface area contributed by atoms with Crippen LogP contribution in [0.3, 0.4) is 0 Å². The molecule has 3 aromatic heterocycles. The Labute approximate surface area is 167 Å². The van der Waals surface area contributed by atoms with Gasteiger partial charge in [0.25, 0.3) is 0 Å². The fraction of sp³-hybridized carbons (Fsp3) is 0.227. The molecule has 1 saturated heterocycles. The summed E-state index contributed by atoms with van der Waals surface area (Å²) in [5.74, 6) is 0.159. The van der Waals surface area contributed by atoms with Crippen LogP contribution >= 0.6 is 11.3 Å². The molecule has 4 heterocycles. The quantitative estimate of drug-likeness (QED) is 0.538. The molecule has 1 aliphatic rings. The van der Waals surface area contributed by atoms with Gasteiger partial charge < -0.3 is 14.8 Å². The van der Waals surface area contributed by atoms with Crippen molar-refractivity contribution in [3.8, 4) is 27.6 Å². The molecule has 0 saturated carbocycles. The van der Waals surface area contributed by atoms with E-state index in [0.717, 1.165) is 60.6 Å². The van der Waals surface area contributed by atoms with Crippen molar-refractivity contribution >= 4 is 22.2 Å². The normalized spacial score (nSPS) is 15.3. The molecule has 5 nitrogen and oxygen atoms in total. The Hall–Kier alpha value is -2.67. The van der Waals surface area contributed by atoms with E-state index in [9.17, 15) is 5.11 Å². The average molecular weight is 391 g/mol. The van der Waals surface area contributed by atoms with Crippen LogP contribution in [-0.4, -0.2) is 46.3 Å². The van der Waals surface area contributed by atoms with Gasteiger partial charge in [-0.2, -0.15) is 0 Å². The van der Waals surface area contributed by atoms with E-state index in [4.69, 9.17) is 4.74 Å². The number of hydrogen-bond donors (Lipinski definition) is 2. The van der Waals surface area contributed by atoms with Crippen LogP contribution in [0.2, 0.25) is 0 Å². The standard InChI is InChI=1S/C22H21N3O2S/c26-22-21(17-12-16(4-6-18(17)24-22)20-2-1-11-28-20)19-5-3-15(13-23-19)14-25-7-9-27-10-8-25/h1-6,11-13,24,26H,7-10,14H2. The van der Waals surface area contributed by atoms with Crippen LogP contribution in [0.25, 0.3) is 32.6 Å². The molecule has 2 N–H and O–H groups in total. The van der Waals surface area contributed by atoms with Gasteiger partial charge >= 0.3 is 0 Å². The number of thiophene rings is 1. The summed E-state index contributed by atoms with van der Waals surface area (Å²) in [5.41, 5.74) is 4.76. The van der Waals surface area contributed by atoms with Crippen molar-refractivity contribution in [2.24, 2.45) is 0 Å². The smallest absolute Gasteiger partial charge is 0.199 e. The van der Waals surface area contributed by atoms with Gasteiger partial charge in [-0.25, -0.2) is 0 Å². The highest BCUT2D eigenvalue weighted by Gasteiger charge is 2.16. The second-order valence-corrected chi connectivity index (χ2v) is 7.97. The summed E-state index contributed by atoms with van der Waals surface area (Å²) in [4.78, 5) is 11.3. The summed E-state index contributed by atoms with van der Waals surface area (Å²) in [5, 5.41) is 13.6. The molecule has 1 fully saturated rings. The predicted molar refractivity (Wildman–Crippen MR) is 113 cm³/mol. The van der Waals surface area contributed by atoms with Gasteiger partial charge in [-0.05, 0) is 40.8 Å². The first-order valence-corrected chi connectivity index (χ1v) is 10.3. The summed E-state index contributed by atoms with van der Waals surface area (Å²) in [7, 11) is 0. The lowest BCUT2D eigenvalue weighted by Gasteiger charge is -2.26. The molecule has 28 heavy (non-hydrogen) atoms. The first kappa shape index (κ1) is 17.4. The van der Waals surface area contributed by atoms with Crippen molar-refractivity contribution < 1.29 is 9.84 Å². The van der Waals surface area contributed by atoms with E-state index in [1.165, 1.54) is 10.4 Å². The number of H-pyrrole nitrogens is 1. The lowest BCUT2D eigenvalue weighted by atomic mass is 10.0. The molecule has 1 aliphatic heterocycles. The molecule has 0 unspecified atom stereocenters. The maximum absolute atomic E-state index is 10.5. The number of ether oxygens (including phenoxy) is 1. The van der Waals surface area contributed by atoms with E-state index in [2.05, 4.69) is 50.6 Å². The highest BCUT2D eigenvalue weighted by atomic mass is 32.1. The van der Waals surface area contributed by atoms with E-state index >= 15 is 0 Å². The summed E-state index contributed by atoms with van der Waals surface area (Å²) in [6.07, 6.45) is 1.91. The average Bonchev–Trinajstić information content (AvgIpc) is 3.36. The molecule has 0 radical (unpaired) electrons. The maximum Gasteiger partial charge on any atom is 0.199 e. The highest BCUT2D eigenvalue weighted by Crippen LogP contribution is 2.38. The fourth-order valence-electron chi connectivity index (χ4n) is 3.72. The van der Waals surface area contributed by atoms with E-state index < -0.39 is 0 Å². The predicted octanol–water partition coefficient (Wildman–Crippen LogP) is 4.50. The van der Waals surface area contributed by atoms with Crippen LogP contribution in [0.5, 0.6) is 5.88 Å². The van der Waals surface area contributed by atoms with Crippen molar-refractivity contribution in [3.63, 3.8) is 0 Å². The third-order valence-corrected chi connectivity index (χ3v) is 6.09. The monoisotopic (exact) mass is 391 g/mol. The number of pyridine rings is 1. The number of benzene rings is 1. The topological polar surface area (TPSA) is 61.4 Å². The minimum Gasteiger partial charge on any atom is -0.494 e. The molecule has 142 valence electrons. The number of aromatic hydroxyl groups is 1. The minimum absolute atomic E-state index is 0.159. The molecule has 0 aliphatic carbocycles. The second-order valence-electron chi connectivity index (χ2n) is 7.03. The summed E-state index contributed by atoms with van der Waals surface area (Å²) in [6.45, 7) is 4.37. The Morgan fingerprint density at radius 2 is 2.04 bits per heavy atom. The van der Waals surface area contributed by atoms with Gasteiger partial charge in [-0.3, -0.25) is 9.88 Å². The van der Waals surface area contributed by atoms with E-state index in [0.29, 0.717) is 0 Å². The van der Waals surface area contributed by atoms with Gasteiger partial charge in [0.2, 0.25) is 0 Å². The molecule has 6 heteroatoms. The zero-order valence-electron chi connectivity index (χ0n) is 15.4. The SMILES string of the molecule is Oc1[nH]c2ccc(-c3cccs3)cc2c1-c1ccc(CN2CCOCC2)cn1. The fourth-order valence-corrected chi connectivity index (χ4v) is 4.44. The van der Waals surface area contributed by atoms with Crippen LogP contribution < -0.4 is 0 Å². The van der Waals surface area contributed by atoms with Crippen molar-refractivity contribution in [1.82, 2.24) is 14.9 Å². The largest absolute Gasteiger partial charge is 0.494 e. The third-order valence-electron chi connectivity index (χ3n) is 5.18. The van der Waals surface area contributed by atoms with E-state index in [1.54, 1.807) is 11.3 Å². The molecule has 0 atom stereocenters. The lowest BCUT2D eigenvalue weighted by molar-refractivity contribution is 0.0341. The third kappa shape index (κ3) is 3.30. The molecular formula is C22H21N3O2S. The molecular weight excluding hydrogens is 370 g/mol. The van der Waals surface area contributed by atoms with Gasteiger partial charge in [-0.1, -0.05) is 18.2 Å². The van der Waals surface area contributed by atoms with E-state index in [1.807, 2.05) is 18.3 Å². The summed E-state index contributed by atoms with van der Waals surface area (Å²) in [6, 6.07) is 14.5. The Morgan fingerprint density at radius 3 is 2.79 bits per heavy atom. The van der Waals surface area contributed by atoms with Crippen molar-refractivity contribution in [1.29, 1.82) is 0 Å². The van der Waals surface area contributed by atoms with E-state index in [-0.39, 0.29) is 5.88 Å². The molecule has 0 bridgehead atoms. The first-order valence-electron chi connectivity index (χ1n) is 9.42. The Balaban J connectivity index is 1.48. The number of aromatic amines is 1. The van der Waals surface area contributed by atoms with Crippen LogP contribution in [-0.2, 0) is 11.3 Å². The van der Waals surface area contributed by atoms with Crippen molar-refractivity contribution in [3.05, 3.63) is 59.6 Å². The second kappa shape index (κ2) is 7.39. The zero-order valence-corrected chi connectivity index (χ0v) is 16.2. The number of nitrogens with one attached hydrogen (secondary N) is 1. The number of fused-ring (bicyclic) bond motifs is 1. The maximum atomic E-state index is 10.5. The van der Waals surface area contributed by atoms with Crippen LogP contribution in [0, 0.1) is 0 Å². The number of aromatic nitrogens is 2. The highest BCUT2D eigenvalue weighted by molar-refractivity contribution is 7.13. The molecule has 1 aromatic carbocycles. The molecule has 5 rings (SSSR count). The van der Waals surface area contributed by atoms with Gasteiger partial charge in [0.1, 0.15) is 0 Å². The van der Waals surface area contributed by atoms with Gasteiger partial charge in [0.05, 0.1) is 24.5 Å². The minimum atomic E-state index is 0.159. The Morgan fingerprint density at radius 1 is 1.14 bits per heavy atom. The Kier molecular flexibility index (Phi) is 4.60. The molecule has 0 amide bonds. The van der Waals surface area contributed by atoms with Gasteiger partial charge in [-0.15, -0.1) is 11.3 Å². The summed E-state index contributed by atoms with van der Waals surface area (Å²) < 4.78 is 5.41. The lowest BCUT2D eigenvalue weighted by Crippen LogP contribution is -2.35. The first-order chi connectivity index (χ1) is 13.8. The van der Waals surface area contributed by atoms with Crippen LogP contribution in [0.15, 0.2) is 54.0 Å². The number of rotatable bonds is 4. The Bertz CT molecular complexity index is 1080. The molecule has 0 spiro atoms.